The first-order chi connectivity index (χ1) is 11.9. The zero-order valence-corrected chi connectivity index (χ0v) is 21.2. The van der Waals surface area contributed by atoms with Crippen LogP contribution in [0, 0.1) is 11.5 Å². The highest BCUT2D eigenvalue weighted by atomic mass is 28.5. The molecule has 0 spiro atoms. The van der Waals surface area contributed by atoms with E-state index < -0.39 is 34.0 Å². The predicted octanol–water partition coefficient (Wildman–Crippen LogP) is 4.81. The van der Waals surface area contributed by atoms with Gasteiger partial charge in [-0.05, 0) is 65.0 Å². The Hall–Kier alpha value is -0.252. The van der Waals surface area contributed by atoms with Crippen molar-refractivity contribution in [3.05, 3.63) is 24.6 Å². The minimum Gasteiger partial charge on any atom is -0.410 e. The topological polar surface area (TPSA) is 36.9 Å². The number of rotatable bonds is 4. The van der Waals surface area contributed by atoms with Gasteiger partial charge >= 0.3 is 25.7 Å². The SMILES string of the molecule is C=C[Si]1(C)O[Si](C)(C#CC2(O[Si](C)(C)C)CCCCC2)O[Si](C)(C=C)O1. The first-order valence-corrected chi connectivity index (χ1v) is 20.0. The second-order valence-electron chi connectivity index (χ2n) is 8.71. The predicted molar refractivity (Wildman–Crippen MR) is 117 cm³/mol. The van der Waals surface area contributed by atoms with Gasteiger partial charge in [0.2, 0.25) is 0 Å². The summed E-state index contributed by atoms with van der Waals surface area (Å²) in [5.41, 5.74) is 6.75. The van der Waals surface area contributed by atoms with Crippen molar-refractivity contribution in [2.75, 3.05) is 0 Å². The Kier molecular flexibility index (Phi) is 6.47. The highest BCUT2D eigenvalue weighted by Crippen LogP contribution is 2.35. The Labute approximate surface area is 163 Å². The number of hydrogen-bond donors (Lipinski definition) is 0. The van der Waals surface area contributed by atoms with Crippen molar-refractivity contribution in [1.82, 2.24) is 0 Å². The molecule has 146 valence electrons. The van der Waals surface area contributed by atoms with E-state index in [-0.39, 0.29) is 5.60 Å². The lowest BCUT2D eigenvalue weighted by molar-refractivity contribution is 0.0795. The third-order valence-corrected chi connectivity index (χ3v) is 17.3. The van der Waals surface area contributed by atoms with Gasteiger partial charge in [0.05, 0.1) is 0 Å². The minimum atomic E-state index is -2.73. The zero-order valence-electron chi connectivity index (χ0n) is 17.2. The Morgan fingerprint density at radius 2 is 1.42 bits per heavy atom. The maximum absolute atomic E-state index is 6.59. The van der Waals surface area contributed by atoms with Gasteiger partial charge < -0.3 is 16.8 Å². The van der Waals surface area contributed by atoms with Crippen LogP contribution < -0.4 is 0 Å². The molecule has 1 aliphatic heterocycles. The molecule has 1 saturated heterocycles. The molecule has 0 bridgehead atoms. The van der Waals surface area contributed by atoms with Crippen LogP contribution in [-0.2, 0) is 16.8 Å². The molecule has 0 N–H and O–H groups in total. The molecule has 4 nitrogen and oxygen atoms in total. The first-order valence-electron chi connectivity index (χ1n) is 9.48. The van der Waals surface area contributed by atoms with E-state index in [9.17, 15) is 0 Å². The largest absolute Gasteiger partial charge is 0.410 e. The smallest absolute Gasteiger partial charge is 0.403 e. The molecule has 2 aliphatic rings. The monoisotopic (exact) mass is 426 g/mol. The van der Waals surface area contributed by atoms with Crippen molar-refractivity contribution in [3.63, 3.8) is 0 Å². The fraction of sp³-hybridized carbons (Fsp3) is 0.667. The number of hydrogen-bond acceptors (Lipinski definition) is 4. The van der Waals surface area contributed by atoms with Crippen LogP contribution >= 0.6 is 0 Å². The Bertz CT molecular complexity index is 593. The quantitative estimate of drug-likeness (QED) is 0.477. The summed E-state index contributed by atoms with van der Waals surface area (Å²) in [7, 11) is -9.44. The summed E-state index contributed by atoms with van der Waals surface area (Å²) in [6, 6.07) is 0. The summed E-state index contributed by atoms with van der Waals surface area (Å²) in [6.45, 7) is 20.6. The molecule has 0 amide bonds. The van der Waals surface area contributed by atoms with Crippen LogP contribution in [0.4, 0.5) is 0 Å². The van der Waals surface area contributed by atoms with E-state index in [2.05, 4.69) is 44.3 Å². The van der Waals surface area contributed by atoms with Gasteiger partial charge in [-0.25, -0.2) is 0 Å². The van der Waals surface area contributed by atoms with E-state index in [1.54, 1.807) is 0 Å². The van der Waals surface area contributed by atoms with Crippen molar-refractivity contribution in [3.8, 4) is 11.5 Å². The van der Waals surface area contributed by atoms with Crippen LogP contribution in [0.3, 0.4) is 0 Å². The molecule has 0 aromatic heterocycles. The second-order valence-corrected chi connectivity index (χ2v) is 22.6. The van der Waals surface area contributed by atoms with Crippen LogP contribution in [0.2, 0.25) is 39.3 Å². The summed E-state index contributed by atoms with van der Waals surface area (Å²) in [6.07, 6.45) is 5.59. The Balaban J connectivity index is 2.36. The molecule has 2 unspecified atom stereocenters. The molecule has 2 atom stereocenters. The normalized spacial score (nSPS) is 37.3. The molecule has 0 radical (unpaired) electrons. The van der Waals surface area contributed by atoms with Crippen molar-refractivity contribution in [1.29, 1.82) is 0 Å². The average Bonchev–Trinajstić information content (AvgIpc) is 2.52. The maximum atomic E-state index is 6.59. The maximum Gasteiger partial charge on any atom is 0.403 e. The Morgan fingerprint density at radius 1 is 0.923 bits per heavy atom. The molecule has 8 heteroatoms. The van der Waals surface area contributed by atoms with E-state index in [4.69, 9.17) is 16.8 Å². The molecule has 1 aliphatic carbocycles. The molecule has 2 rings (SSSR count). The van der Waals surface area contributed by atoms with Crippen LogP contribution in [-0.4, -0.2) is 39.6 Å². The van der Waals surface area contributed by atoms with Gasteiger partial charge in [0.25, 0.3) is 0 Å². The highest BCUT2D eigenvalue weighted by Gasteiger charge is 2.55. The van der Waals surface area contributed by atoms with E-state index in [1.165, 1.54) is 19.3 Å². The summed E-state index contributed by atoms with van der Waals surface area (Å²) >= 11 is 0. The van der Waals surface area contributed by atoms with Crippen LogP contribution in [0.1, 0.15) is 32.1 Å². The minimum absolute atomic E-state index is 0.345. The summed E-state index contributed by atoms with van der Waals surface area (Å²) in [5.74, 6) is 3.52. The van der Waals surface area contributed by atoms with Crippen molar-refractivity contribution in [2.45, 2.75) is 77.0 Å². The van der Waals surface area contributed by atoms with Crippen LogP contribution in [0.25, 0.3) is 0 Å². The molecule has 1 heterocycles. The molecular formula is C18H34O4Si4. The van der Waals surface area contributed by atoms with Crippen molar-refractivity contribution >= 4 is 34.0 Å². The fourth-order valence-electron chi connectivity index (χ4n) is 3.65. The second kappa shape index (κ2) is 7.64. The lowest BCUT2D eigenvalue weighted by Crippen LogP contribution is -2.66. The standard InChI is InChI=1S/C18H34O4Si4/c1-9-24(6)20-25(7,10-2)22-26(8,21-24)17-16-18(19-23(3,4)5)14-12-11-13-15-18/h9-10H,1-2,11-15H2,3-8H3. The third-order valence-electron chi connectivity index (χ3n) is 4.62. The van der Waals surface area contributed by atoms with Gasteiger partial charge in [-0.2, -0.15) is 0 Å². The summed E-state index contributed by atoms with van der Waals surface area (Å²) in [4.78, 5) is 0. The van der Waals surface area contributed by atoms with E-state index in [1.807, 2.05) is 31.0 Å². The lowest BCUT2D eigenvalue weighted by atomic mass is 9.86. The van der Waals surface area contributed by atoms with Gasteiger partial charge in [0, 0.05) is 0 Å². The summed E-state index contributed by atoms with van der Waals surface area (Å²) in [5, 5.41) is 0. The molecule has 0 aromatic rings. The van der Waals surface area contributed by atoms with Crippen LogP contribution in [0.15, 0.2) is 24.6 Å². The average molecular weight is 427 g/mol. The van der Waals surface area contributed by atoms with Crippen LogP contribution in [0.5, 0.6) is 0 Å². The summed E-state index contributed by atoms with van der Waals surface area (Å²) < 4.78 is 25.5. The van der Waals surface area contributed by atoms with E-state index in [0.717, 1.165) is 12.8 Å². The van der Waals surface area contributed by atoms with Gasteiger partial charge in [-0.15, -0.1) is 13.2 Å². The first kappa shape index (κ1) is 22.0. The Morgan fingerprint density at radius 3 is 1.85 bits per heavy atom. The van der Waals surface area contributed by atoms with Gasteiger partial charge in [-0.3, -0.25) is 0 Å². The fourth-order valence-corrected chi connectivity index (χ4v) is 18.3. The van der Waals surface area contributed by atoms with Gasteiger partial charge in [0.1, 0.15) is 5.60 Å². The third kappa shape index (κ3) is 5.62. The molecule has 1 saturated carbocycles. The van der Waals surface area contributed by atoms with E-state index >= 15 is 0 Å². The van der Waals surface area contributed by atoms with Gasteiger partial charge in [0.15, 0.2) is 8.32 Å². The van der Waals surface area contributed by atoms with Gasteiger partial charge in [-0.1, -0.05) is 29.3 Å². The van der Waals surface area contributed by atoms with Crippen molar-refractivity contribution < 1.29 is 16.8 Å². The molecular weight excluding hydrogens is 393 g/mol. The molecule has 26 heavy (non-hydrogen) atoms. The van der Waals surface area contributed by atoms with Crippen molar-refractivity contribution in [2.24, 2.45) is 0 Å². The molecule has 2 fully saturated rings. The van der Waals surface area contributed by atoms with E-state index in [0.29, 0.717) is 0 Å². The molecule has 0 aromatic carbocycles. The highest BCUT2D eigenvalue weighted by molar-refractivity contribution is 6.99. The lowest BCUT2D eigenvalue weighted by Gasteiger charge is -2.46. The zero-order chi connectivity index (χ0) is 19.7.